The smallest absolute Gasteiger partial charge is 0.220 e. The Labute approximate surface area is 176 Å². The Bertz CT molecular complexity index is 1550. The number of fused-ring (bicyclic) bond motifs is 5. The van der Waals surface area contributed by atoms with Crippen molar-refractivity contribution in [1.29, 1.82) is 0 Å². The van der Waals surface area contributed by atoms with Crippen molar-refractivity contribution in [3.05, 3.63) is 70.9 Å². The number of methoxy groups -OCH3 is 2. The molecular weight excluding hydrogens is 396 g/mol. The second kappa shape index (κ2) is 6.95. The first-order valence-corrected chi connectivity index (χ1v) is 9.58. The van der Waals surface area contributed by atoms with Crippen molar-refractivity contribution >= 4 is 32.5 Å². The van der Waals surface area contributed by atoms with Crippen molar-refractivity contribution in [2.45, 2.75) is 0 Å². The normalized spacial score (nSPS) is 11.3. The highest BCUT2D eigenvalue weighted by Gasteiger charge is 2.15. The van der Waals surface area contributed by atoms with Gasteiger partial charge in [-0.2, -0.15) is 0 Å². The Morgan fingerprint density at radius 1 is 0.742 bits per heavy atom. The van der Waals surface area contributed by atoms with Crippen molar-refractivity contribution in [3.8, 4) is 34.3 Å². The van der Waals surface area contributed by atoms with Crippen molar-refractivity contribution in [1.82, 2.24) is 0 Å². The van der Waals surface area contributed by atoms with E-state index in [9.17, 15) is 15.0 Å². The molecule has 4 aromatic carbocycles. The fraction of sp³-hybridized carbons (Fsp3) is 0.0800. The highest BCUT2D eigenvalue weighted by atomic mass is 16.5. The average Bonchev–Trinajstić information content (AvgIpc) is 2.79. The lowest BCUT2D eigenvalue weighted by Crippen LogP contribution is -1.98. The molecule has 1 heterocycles. The zero-order chi connectivity index (χ0) is 21.7. The molecule has 0 saturated carbocycles. The maximum atomic E-state index is 12.1. The van der Waals surface area contributed by atoms with E-state index in [0.29, 0.717) is 28.2 Å². The number of phenolic OH excluding ortho intramolecular Hbond substituents is 2. The Balaban J connectivity index is 1.81. The molecule has 1 aromatic heterocycles. The van der Waals surface area contributed by atoms with E-state index in [0.717, 1.165) is 27.1 Å². The van der Waals surface area contributed by atoms with Gasteiger partial charge >= 0.3 is 0 Å². The molecular formula is C25H18O6. The molecule has 0 amide bonds. The summed E-state index contributed by atoms with van der Waals surface area (Å²) in [5.74, 6) is 1.28. The van der Waals surface area contributed by atoms with Gasteiger partial charge in [0.05, 0.1) is 14.2 Å². The lowest BCUT2D eigenvalue weighted by Gasteiger charge is -2.13. The summed E-state index contributed by atoms with van der Waals surface area (Å²) in [5, 5.41) is 23.6. The zero-order valence-corrected chi connectivity index (χ0v) is 16.8. The largest absolute Gasteiger partial charge is 0.504 e. The maximum absolute atomic E-state index is 12.1. The topological polar surface area (TPSA) is 89.1 Å². The van der Waals surface area contributed by atoms with Gasteiger partial charge in [0.15, 0.2) is 17.2 Å². The molecule has 31 heavy (non-hydrogen) atoms. The fourth-order valence-corrected chi connectivity index (χ4v) is 3.95. The van der Waals surface area contributed by atoms with Gasteiger partial charge in [-0.25, -0.2) is 0 Å². The van der Waals surface area contributed by atoms with Crippen LogP contribution in [0.4, 0.5) is 0 Å². The van der Waals surface area contributed by atoms with Crippen LogP contribution in [0, 0.1) is 0 Å². The molecule has 0 aliphatic carbocycles. The number of phenols is 2. The molecule has 0 radical (unpaired) electrons. The molecule has 2 N–H and O–H groups in total. The minimum absolute atomic E-state index is 0.0513. The van der Waals surface area contributed by atoms with Crippen LogP contribution < -0.4 is 14.9 Å². The number of hydrogen-bond donors (Lipinski definition) is 2. The number of ether oxygens (including phenoxy) is 2. The van der Waals surface area contributed by atoms with Gasteiger partial charge < -0.3 is 24.1 Å². The molecule has 0 bridgehead atoms. The predicted octanol–water partition coefficient (Wildman–Crippen LogP) is 5.19. The highest BCUT2D eigenvalue weighted by molar-refractivity contribution is 6.19. The lowest BCUT2D eigenvalue weighted by molar-refractivity contribution is 0.373. The molecule has 6 nitrogen and oxygen atoms in total. The number of benzene rings is 4. The molecule has 0 aliphatic rings. The third-order valence-corrected chi connectivity index (χ3v) is 5.47. The summed E-state index contributed by atoms with van der Waals surface area (Å²) in [6, 6.07) is 17.2. The molecule has 0 atom stereocenters. The Hall–Kier alpha value is -4.19. The first-order chi connectivity index (χ1) is 15.0. The van der Waals surface area contributed by atoms with Gasteiger partial charge in [-0.15, -0.1) is 0 Å². The van der Waals surface area contributed by atoms with Gasteiger partial charge in [-0.3, -0.25) is 4.79 Å². The van der Waals surface area contributed by atoms with E-state index in [1.807, 2.05) is 24.3 Å². The average molecular weight is 414 g/mol. The number of aromatic hydroxyl groups is 2. The summed E-state index contributed by atoms with van der Waals surface area (Å²) in [6.45, 7) is 0. The molecule has 0 fully saturated rings. The molecule has 5 aromatic rings. The molecule has 5 rings (SSSR count). The predicted molar refractivity (Wildman–Crippen MR) is 119 cm³/mol. The summed E-state index contributed by atoms with van der Waals surface area (Å²) < 4.78 is 17.0. The van der Waals surface area contributed by atoms with Crippen LogP contribution in [0.5, 0.6) is 23.0 Å². The molecule has 0 aliphatic heterocycles. The molecule has 0 spiro atoms. The summed E-state index contributed by atoms with van der Waals surface area (Å²) in [4.78, 5) is 12.1. The van der Waals surface area contributed by atoms with Crippen molar-refractivity contribution < 1.29 is 24.1 Å². The maximum Gasteiger partial charge on any atom is 0.220 e. The van der Waals surface area contributed by atoms with E-state index >= 15 is 0 Å². The van der Waals surface area contributed by atoms with Gasteiger partial charge in [0.25, 0.3) is 0 Å². The summed E-state index contributed by atoms with van der Waals surface area (Å²) in [6.07, 6.45) is 0. The van der Waals surface area contributed by atoms with Gasteiger partial charge in [-0.1, -0.05) is 12.1 Å². The molecule has 6 heteroatoms. The minimum Gasteiger partial charge on any atom is -0.504 e. The first-order valence-electron chi connectivity index (χ1n) is 9.58. The van der Waals surface area contributed by atoms with E-state index in [4.69, 9.17) is 13.9 Å². The fourth-order valence-electron chi connectivity index (χ4n) is 3.95. The quantitative estimate of drug-likeness (QED) is 0.395. The summed E-state index contributed by atoms with van der Waals surface area (Å²) >= 11 is 0. The monoisotopic (exact) mass is 414 g/mol. The van der Waals surface area contributed by atoms with Crippen LogP contribution in [-0.4, -0.2) is 24.4 Å². The van der Waals surface area contributed by atoms with Crippen LogP contribution in [0.15, 0.2) is 69.9 Å². The van der Waals surface area contributed by atoms with Gasteiger partial charge in [0.1, 0.15) is 17.1 Å². The SMILES string of the molecule is COc1cc(-c2ccc3c(cc(OC)c4c5cc(=O)c(O)cc5ccc34)o2)ccc1O. The Morgan fingerprint density at radius 2 is 1.52 bits per heavy atom. The van der Waals surface area contributed by atoms with Crippen LogP contribution in [-0.2, 0) is 0 Å². The van der Waals surface area contributed by atoms with E-state index in [2.05, 4.69) is 0 Å². The van der Waals surface area contributed by atoms with Crippen LogP contribution in [0.3, 0.4) is 0 Å². The summed E-state index contributed by atoms with van der Waals surface area (Å²) in [7, 11) is 3.05. The third-order valence-electron chi connectivity index (χ3n) is 5.47. The third kappa shape index (κ3) is 2.92. The van der Waals surface area contributed by atoms with E-state index in [-0.39, 0.29) is 11.5 Å². The minimum atomic E-state index is -0.441. The second-order valence-electron chi connectivity index (χ2n) is 7.21. The molecule has 0 unspecified atom stereocenters. The van der Waals surface area contributed by atoms with Crippen molar-refractivity contribution in [2.75, 3.05) is 14.2 Å². The summed E-state index contributed by atoms with van der Waals surface area (Å²) in [5.41, 5.74) is 0.915. The van der Waals surface area contributed by atoms with Crippen LogP contribution in [0.25, 0.3) is 43.8 Å². The van der Waals surface area contributed by atoms with Crippen LogP contribution in [0.2, 0.25) is 0 Å². The van der Waals surface area contributed by atoms with E-state index in [1.165, 1.54) is 19.2 Å². The first kappa shape index (κ1) is 18.8. The lowest BCUT2D eigenvalue weighted by atomic mass is 9.97. The zero-order valence-electron chi connectivity index (χ0n) is 16.8. The van der Waals surface area contributed by atoms with Crippen molar-refractivity contribution in [3.63, 3.8) is 0 Å². The molecule has 154 valence electrons. The number of hydrogen-bond acceptors (Lipinski definition) is 6. The van der Waals surface area contributed by atoms with E-state index in [1.54, 1.807) is 31.4 Å². The second-order valence-corrected chi connectivity index (χ2v) is 7.21. The van der Waals surface area contributed by atoms with Gasteiger partial charge in [0, 0.05) is 22.4 Å². The Morgan fingerprint density at radius 3 is 2.29 bits per heavy atom. The van der Waals surface area contributed by atoms with Gasteiger partial charge in [-0.05, 0) is 58.6 Å². The highest BCUT2D eigenvalue weighted by Crippen LogP contribution is 2.40. The van der Waals surface area contributed by atoms with E-state index < -0.39 is 5.43 Å². The Kier molecular flexibility index (Phi) is 4.22. The van der Waals surface area contributed by atoms with Crippen LogP contribution >= 0.6 is 0 Å². The van der Waals surface area contributed by atoms with Crippen LogP contribution in [0.1, 0.15) is 0 Å². The van der Waals surface area contributed by atoms with Crippen molar-refractivity contribution in [2.24, 2.45) is 0 Å². The van der Waals surface area contributed by atoms with Gasteiger partial charge in [0.2, 0.25) is 5.43 Å². The molecule has 0 saturated heterocycles. The standard InChI is InChI=1S/C25H18O6/c1-29-23-10-14(4-7-18(23)26)21-8-6-15-16-5-3-13-9-19(27)20(28)11-17(13)25(16)24(30-2)12-22(15)31-21/h3-12,26-27H,1-2H3. The number of rotatable bonds is 3.